The molecule has 15 rings (SSSR count). The first kappa shape index (κ1) is 76.9. The SMILES string of the molecule is CC.Cc1cc(C)c2ccccc2c1.Cc1ccc(C)c2ccccc12.Cc1ccc(C)cc1.Cc1ccc2c(C)cccc2c1.Cc1ccc2cccc(C)c2c1.Cc1ccc2ccccc2c1C.Cc1cccc(C)c1.Cc1cccc2c(C)cccc12.Cc1ccccc1C. The van der Waals surface area contributed by atoms with Crippen LogP contribution in [0.5, 0.6) is 0 Å². The monoisotopic (exact) mass is 1280 g/mol. The van der Waals surface area contributed by atoms with E-state index in [4.69, 9.17) is 0 Å². The number of fused-ring (bicyclic) bond motifs is 6. The number of rotatable bonds is 0. The van der Waals surface area contributed by atoms with Crippen LogP contribution in [0.1, 0.15) is 114 Å². The Morgan fingerprint density at radius 1 is 0.133 bits per heavy atom. The smallest absolute Gasteiger partial charge is 0.0152 e. The molecule has 0 fully saturated rings. The quantitative estimate of drug-likeness (QED) is 0.142. The molecule has 0 unspecified atom stereocenters. The average molecular weight is 1290 g/mol. The maximum Gasteiger partial charge on any atom is -0.0152 e. The molecule has 0 aliphatic rings. The van der Waals surface area contributed by atoms with E-state index in [1.165, 1.54) is 165 Å². The van der Waals surface area contributed by atoms with Crippen molar-refractivity contribution in [3.63, 3.8) is 0 Å². The third-order valence-electron chi connectivity index (χ3n) is 17.7. The van der Waals surface area contributed by atoms with Gasteiger partial charge in [0, 0.05) is 0 Å². The van der Waals surface area contributed by atoms with Gasteiger partial charge in [0.05, 0.1) is 0 Å². The highest BCUT2D eigenvalue weighted by molar-refractivity contribution is 5.91. The maximum atomic E-state index is 2.24. The summed E-state index contributed by atoms with van der Waals surface area (Å²) in [5, 5.41) is 16.3. The van der Waals surface area contributed by atoms with Crippen LogP contribution in [0.3, 0.4) is 0 Å². The molecule has 0 atom stereocenters. The Kier molecular flexibility index (Phi) is 30.7. The van der Waals surface area contributed by atoms with Crippen LogP contribution in [0.15, 0.2) is 291 Å². The standard InChI is InChI=1S/6C12H12.3C8H10.C2H6/c1-9-5-3-8-12-10(2)6-4-7-11(9)12;1-9-6-7-12-10(2)4-3-5-11(12)8-9;1-9-6-7-11-5-3-4-10(2)12(11)8-9;1-9-7-10(2)12-6-4-3-5-11(12)8-9;1-9-7-8-11-5-3-4-6-12(11)10(9)2;1-9-7-8-10(2)12-6-4-3-5-11(9)12;1-7-3-5-8(2)6-4-7;1-7-4-3-5-8(2)6-7;1-7-5-3-4-6-8(7)2;1-2/h6*3-8H,1-2H3;3*3-6H,1-2H3;1-2H3. The van der Waals surface area contributed by atoms with Gasteiger partial charge in [0.15, 0.2) is 0 Å². The van der Waals surface area contributed by atoms with Gasteiger partial charge in [-0.25, -0.2) is 0 Å². The highest BCUT2D eigenvalue weighted by atomic mass is 14.1. The lowest BCUT2D eigenvalue weighted by Crippen LogP contribution is -1.82. The van der Waals surface area contributed by atoms with Crippen molar-refractivity contribution in [3.8, 4) is 0 Å². The lowest BCUT2D eigenvalue weighted by atomic mass is 10.0. The van der Waals surface area contributed by atoms with E-state index in [0.29, 0.717) is 0 Å². The predicted molar refractivity (Wildman–Crippen MR) is 440 cm³/mol. The second-order valence-corrected chi connectivity index (χ2v) is 26.0. The van der Waals surface area contributed by atoms with Crippen molar-refractivity contribution in [1.29, 1.82) is 0 Å². The summed E-state index contributed by atoms with van der Waals surface area (Å²) >= 11 is 0. The Labute approximate surface area is 590 Å². The highest BCUT2D eigenvalue weighted by Crippen LogP contribution is 2.25. The highest BCUT2D eigenvalue weighted by Gasteiger charge is 2.02. The molecule has 0 aromatic heterocycles. The number of hydrogen-bond acceptors (Lipinski definition) is 0. The molecule has 0 spiro atoms. The van der Waals surface area contributed by atoms with Crippen LogP contribution < -0.4 is 0 Å². The first-order chi connectivity index (χ1) is 47.1. The lowest BCUT2D eigenvalue weighted by molar-refractivity contribution is 1.34. The van der Waals surface area contributed by atoms with Gasteiger partial charge in [-0.1, -0.05) is 344 Å². The molecule has 0 aliphatic heterocycles. The summed E-state index contributed by atoms with van der Waals surface area (Å²) in [6, 6.07) is 103. The summed E-state index contributed by atoms with van der Waals surface area (Å²) in [6.45, 7) is 42.5. The van der Waals surface area contributed by atoms with Gasteiger partial charge >= 0.3 is 0 Å². The Balaban J connectivity index is 0.000000174. The van der Waals surface area contributed by atoms with Gasteiger partial charge in [0.25, 0.3) is 0 Å². The van der Waals surface area contributed by atoms with Crippen LogP contribution in [-0.4, -0.2) is 0 Å². The molecule has 0 saturated heterocycles. The zero-order valence-corrected chi connectivity index (χ0v) is 62.7. The Hall–Kier alpha value is -10.1. The molecule has 0 aliphatic carbocycles. The molecule has 15 aromatic carbocycles. The molecule has 0 heterocycles. The summed E-state index contributed by atoms with van der Waals surface area (Å²) < 4.78 is 0. The minimum atomic E-state index is 1.33. The van der Waals surface area contributed by atoms with Crippen LogP contribution in [0, 0.1) is 125 Å². The molecule has 0 heteroatoms. The molecule has 0 saturated carbocycles. The fraction of sp³-hybridized carbons (Fsp3) is 0.204. The van der Waals surface area contributed by atoms with E-state index in [1.54, 1.807) is 0 Å². The summed E-state index contributed by atoms with van der Waals surface area (Å²) in [4.78, 5) is 0. The molecule has 0 bridgehead atoms. The van der Waals surface area contributed by atoms with Crippen molar-refractivity contribution in [2.75, 3.05) is 0 Å². The maximum absolute atomic E-state index is 2.24. The van der Waals surface area contributed by atoms with Crippen LogP contribution in [0.4, 0.5) is 0 Å². The fourth-order valence-corrected chi connectivity index (χ4v) is 11.7. The summed E-state index contributed by atoms with van der Waals surface area (Å²) in [5.41, 5.74) is 24.3. The molecule has 500 valence electrons. The van der Waals surface area contributed by atoms with Crippen molar-refractivity contribution in [1.82, 2.24) is 0 Å². The first-order valence-electron chi connectivity index (χ1n) is 34.9. The van der Waals surface area contributed by atoms with Crippen LogP contribution in [0.25, 0.3) is 64.6 Å². The Morgan fingerprint density at radius 2 is 0.418 bits per heavy atom. The van der Waals surface area contributed by atoms with Crippen LogP contribution >= 0.6 is 0 Å². The van der Waals surface area contributed by atoms with E-state index < -0.39 is 0 Å². The minimum Gasteiger partial charge on any atom is -0.0683 e. The van der Waals surface area contributed by atoms with Gasteiger partial charge in [0.1, 0.15) is 0 Å². The normalized spacial score (nSPS) is 10.0. The number of hydrogen-bond donors (Lipinski definition) is 0. The topological polar surface area (TPSA) is 0 Å². The number of benzene rings is 15. The second-order valence-electron chi connectivity index (χ2n) is 26.0. The molecule has 0 radical (unpaired) electrons. The Bertz CT molecular complexity index is 4720. The predicted octanol–water partition coefficient (Wildman–Crippen LogP) is 28.7. The van der Waals surface area contributed by atoms with E-state index in [-0.39, 0.29) is 0 Å². The fourth-order valence-electron chi connectivity index (χ4n) is 11.7. The summed E-state index contributed by atoms with van der Waals surface area (Å²) in [5.74, 6) is 0. The van der Waals surface area contributed by atoms with Gasteiger partial charge in [-0.15, -0.1) is 0 Å². The van der Waals surface area contributed by atoms with Crippen molar-refractivity contribution in [2.45, 2.75) is 138 Å². The van der Waals surface area contributed by atoms with Crippen molar-refractivity contribution in [2.24, 2.45) is 0 Å². The van der Waals surface area contributed by atoms with Gasteiger partial charge in [-0.05, 0) is 250 Å². The summed E-state index contributed by atoms with van der Waals surface area (Å²) in [7, 11) is 0. The van der Waals surface area contributed by atoms with E-state index in [2.05, 4.69) is 416 Å². The van der Waals surface area contributed by atoms with Gasteiger partial charge < -0.3 is 0 Å². The lowest BCUT2D eigenvalue weighted by Gasteiger charge is -2.04. The van der Waals surface area contributed by atoms with Gasteiger partial charge in [-0.2, -0.15) is 0 Å². The first-order valence-corrected chi connectivity index (χ1v) is 34.9. The van der Waals surface area contributed by atoms with Crippen LogP contribution in [-0.2, 0) is 0 Å². The van der Waals surface area contributed by atoms with Gasteiger partial charge in [0.2, 0.25) is 0 Å². The minimum absolute atomic E-state index is 1.33. The van der Waals surface area contributed by atoms with Crippen molar-refractivity contribution >= 4 is 64.6 Å². The van der Waals surface area contributed by atoms with Gasteiger partial charge in [-0.3, -0.25) is 0 Å². The van der Waals surface area contributed by atoms with E-state index in [9.17, 15) is 0 Å². The third kappa shape index (κ3) is 23.6. The zero-order chi connectivity index (χ0) is 71.3. The molecule has 98 heavy (non-hydrogen) atoms. The van der Waals surface area contributed by atoms with Crippen molar-refractivity contribution < 1.29 is 0 Å². The van der Waals surface area contributed by atoms with Crippen LogP contribution in [0.2, 0.25) is 0 Å². The second kappa shape index (κ2) is 39.2. The Morgan fingerprint density at radius 3 is 0.908 bits per heavy atom. The average Bonchev–Trinajstić information content (AvgIpc) is 1.99. The zero-order valence-electron chi connectivity index (χ0n) is 62.7. The molecular weight excluding hydrogens is 1180 g/mol. The van der Waals surface area contributed by atoms with Crippen molar-refractivity contribution in [3.05, 3.63) is 391 Å². The summed E-state index contributed by atoms with van der Waals surface area (Å²) in [6.07, 6.45) is 0. The van der Waals surface area contributed by atoms with E-state index >= 15 is 0 Å². The van der Waals surface area contributed by atoms with E-state index in [0.717, 1.165) is 0 Å². The third-order valence-corrected chi connectivity index (χ3v) is 17.7. The number of aryl methyl sites for hydroxylation is 18. The molecule has 15 aromatic rings. The molecule has 0 N–H and O–H groups in total. The molecular formula is C98H108. The molecule has 0 nitrogen and oxygen atoms in total. The van der Waals surface area contributed by atoms with E-state index in [1.807, 2.05) is 13.8 Å². The largest absolute Gasteiger partial charge is 0.0683 e. The molecule has 0 amide bonds.